The summed E-state index contributed by atoms with van der Waals surface area (Å²) in [4.78, 5) is 0. The lowest BCUT2D eigenvalue weighted by molar-refractivity contribution is 0.0340. The molecule has 2 atom stereocenters. The monoisotopic (exact) mass is 265 g/mol. The van der Waals surface area contributed by atoms with Gasteiger partial charge in [-0.05, 0) is 38.3 Å². The van der Waals surface area contributed by atoms with Gasteiger partial charge in [-0.1, -0.05) is 20.8 Å². The molecule has 2 heterocycles. The molecule has 1 saturated heterocycles. The predicted molar refractivity (Wildman–Crippen MR) is 77.4 cm³/mol. The SMILES string of the molecule is CCNCC1CCC(Cn2nc(CC)cc2CC)O1. The first-order chi connectivity index (χ1) is 9.26. The number of likely N-dealkylation sites (N-methyl/N-ethyl adjacent to an activating group) is 1. The maximum atomic E-state index is 6.09. The first kappa shape index (κ1) is 14.5. The largest absolute Gasteiger partial charge is 0.372 e. The molecule has 1 aromatic rings. The molecule has 0 saturated carbocycles. The third-order valence-corrected chi connectivity index (χ3v) is 3.83. The van der Waals surface area contributed by atoms with Gasteiger partial charge in [-0.3, -0.25) is 4.68 Å². The van der Waals surface area contributed by atoms with Crippen LogP contribution >= 0.6 is 0 Å². The van der Waals surface area contributed by atoms with E-state index < -0.39 is 0 Å². The molecule has 1 aromatic heterocycles. The van der Waals surface area contributed by atoms with Crippen LogP contribution in [0.2, 0.25) is 0 Å². The molecular weight excluding hydrogens is 238 g/mol. The normalized spacial score (nSPS) is 23.1. The van der Waals surface area contributed by atoms with Crippen LogP contribution in [0.15, 0.2) is 6.07 Å². The summed E-state index contributed by atoms with van der Waals surface area (Å²) in [5.41, 5.74) is 2.52. The Labute approximate surface area is 116 Å². The van der Waals surface area contributed by atoms with Crippen molar-refractivity contribution in [2.24, 2.45) is 0 Å². The zero-order valence-corrected chi connectivity index (χ0v) is 12.5. The summed E-state index contributed by atoms with van der Waals surface area (Å²) < 4.78 is 8.24. The molecule has 1 N–H and O–H groups in total. The van der Waals surface area contributed by atoms with Crippen molar-refractivity contribution in [1.82, 2.24) is 15.1 Å². The highest BCUT2D eigenvalue weighted by Crippen LogP contribution is 2.21. The Morgan fingerprint density at radius 1 is 1.26 bits per heavy atom. The lowest BCUT2D eigenvalue weighted by Crippen LogP contribution is -2.28. The first-order valence-electron chi connectivity index (χ1n) is 7.68. The Hall–Kier alpha value is -0.870. The Morgan fingerprint density at radius 3 is 2.74 bits per heavy atom. The van der Waals surface area contributed by atoms with Crippen molar-refractivity contribution in [2.75, 3.05) is 13.1 Å². The van der Waals surface area contributed by atoms with E-state index in [-0.39, 0.29) is 0 Å². The van der Waals surface area contributed by atoms with Gasteiger partial charge < -0.3 is 10.1 Å². The molecule has 2 unspecified atom stereocenters. The average molecular weight is 265 g/mol. The van der Waals surface area contributed by atoms with E-state index >= 15 is 0 Å². The van der Waals surface area contributed by atoms with Crippen LogP contribution in [-0.2, 0) is 24.1 Å². The maximum absolute atomic E-state index is 6.09. The molecule has 108 valence electrons. The zero-order chi connectivity index (χ0) is 13.7. The van der Waals surface area contributed by atoms with Crippen molar-refractivity contribution in [3.63, 3.8) is 0 Å². The van der Waals surface area contributed by atoms with Crippen molar-refractivity contribution in [3.05, 3.63) is 17.5 Å². The summed E-state index contributed by atoms with van der Waals surface area (Å²) >= 11 is 0. The van der Waals surface area contributed by atoms with Crippen molar-refractivity contribution in [1.29, 1.82) is 0 Å². The molecule has 1 aliphatic rings. The lowest BCUT2D eigenvalue weighted by Gasteiger charge is -2.15. The number of hydrogen-bond acceptors (Lipinski definition) is 3. The molecule has 2 rings (SSSR count). The molecule has 19 heavy (non-hydrogen) atoms. The van der Waals surface area contributed by atoms with Gasteiger partial charge in [-0.15, -0.1) is 0 Å². The molecule has 0 radical (unpaired) electrons. The smallest absolute Gasteiger partial charge is 0.0776 e. The molecule has 0 bridgehead atoms. The molecule has 1 fully saturated rings. The second-order valence-electron chi connectivity index (χ2n) is 5.28. The minimum Gasteiger partial charge on any atom is -0.372 e. The van der Waals surface area contributed by atoms with Crippen molar-refractivity contribution < 1.29 is 4.74 Å². The van der Waals surface area contributed by atoms with Gasteiger partial charge in [0, 0.05) is 12.2 Å². The van der Waals surface area contributed by atoms with E-state index in [0.29, 0.717) is 12.2 Å². The number of aryl methyl sites for hydroxylation is 2. The van der Waals surface area contributed by atoms with Crippen LogP contribution in [0.1, 0.15) is 45.0 Å². The molecule has 4 heteroatoms. The Morgan fingerprint density at radius 2 is 2.05 bits per heavy atom. The van der Waals surface area contributed by atoms with Crippen molar-refractivity contribution in [2.45, 2.75) is 65.2 Å². The lowest BCUT2D eigenvalue weighted by atomic mass is 10.2. The predicted octanol–water partition coefficient (Wildman–Crippen LogP) is 2.16. The van der Waals surface area contributed by atoms with Crippen LogP contribution in [0.25, 0.3) is 0 Å². The number of nitrogens with zero attached hydrogens (tertiary/aromatic N) is 2. The summed E-state index contributed by atoms with van der Waals surface area (Å²) in [6.45, 7) is 9.39. The number of aromatic nitrogens is 2. The van der Waals surface area contributed by atoms with Crippen molar-refractivity contribution >= 4 is 0 Å². The van der Waals surface area contributed by atoms with Gasteiger partial charge >= 0.3 is 0 Å². The third-order valence-electron chi connectivity index (χ3n) is 3.83. The fourth-order valence-electron chi connectivity index (χ4n) is 2.69. The van der Waals surface area contributed by atoms with E-state index in [1.54, 1.807) is 0 Å². The third kappa shape index (κ3) is 3.80. The molecule has 0 aromatic carbocycles. The van der Waals surface area contributed by atoms with Gasteiger partial charge in [0.1, 0.15) is 0 Å². The fourth-order valence-corrected chi connectivity index (χ4v) is 2.69. The van der Waals surface area contributed by atoms with E-state index in [4.69, 9.17) is 4.74 Å². The first-order valence-corrected chi connectivity index (χ1v) is 7.68. The number of hydrogen-bond donors (Lipinski definition) is 1. The summed E-state index contributed by atoms with van der Waals surface area (Å²) in [7, 11) is 0. The van der Waals surface area contributed by atoms with Crippen LogP contribution in [0, 0.1) is 0 Å². The minimum absolute atomic E-state index is 0.332. The Balaban J connectivity index is 1.89. The topological polar surface area (TPSA) is 39.1 Å². The Bertz CT molecular complexity index is 389. The molecular formula is C15H27N3O. The quantitative estimate of drug-likeness (QED) is 0.821. The van der Waals surface area contributed by atoms with E-state index in [2.05, 4.69) is 41.9 Å². The summed E-state index contributed by atoms with van der Waals surface area (Å²) in [6.07, 6.45) is 5.09. The van der Waals surface area contributed by atoms with Gasteiger partial charge in [0.25, 0.3) is 0 Å². The second kappa shape index (κ2) is 7.06. The highest BCUT2D eigenvalue weighted by molar-refractivity contribution is 5.10. The minimum atomic E-state index is 0.332. The Kier molecular flexibility index (Phi) is 5.40. The van der Waals surface area contributed by atoms with E-state index in [1.807, 2.05) is 0 Å². The van der Waals surface area contributed by atoms with E-state index in [1.165, 1.54) is 17.8 Å². The summed E-state index contributed by atoms with van der Waals surface area (Å²) in [5.74, 6) is 0. The highest BCUT2D eigenvalue weighted by Gasteiger charge is 2.25. The summed E-state index contributed by atoms with van der Waals surface area (Å²) in [5, 5.41) is 8.03. The fraction of sp³-hybridized carbons (Fsp3) is 0.800. The number of nitrogens with one attached hydrogen (secondary N) is 1. The standard InChI is InChI=1S/C15H27N3O/c1-4-12-9-13(5-2)18(17-12)11-15-8-7-14(19-15)10-16-6-3/h9,14-16H,4-8,10-11H2,1-3H3. The van der Waals surface area contributed by atoms with Gasteiger partial charge in [0.2, 0.25) is 0 Å². The van der Waals surface area contributed by atoms with Gasteiger partial charge in [0.15, 0.2) is 0 Å². The van der Waals surface area contributed by atoms with Gasteiger partial charge in [-0.2, -0.15) is 5.10 Å². The van der Waals surface area contributed by atoms with Gasteiger partial charge in [-0.25, -0.2) is 0 Å². The molecule has 4 nitrogen and oxygen atoms in total. The van der Waals surface area contributed by atoms with Crippen LogP contribution in [0.3, 0.4) is 0 Å². The molecule has 1 aliphatic heterocycles. The van der Waals surface area contributed by atoms with Crippen LogP contribution in [0.5, 0.6) is 0 Å². The number of ether oxygens (including phenoxy) is 1. The molecule has 0 aliphatic carbocycles. The zero-order valence-electron chi connectivity index (χ0n) is 12.5. The van der Waals surface area contributed by atoms with E-state index in [0.717, 1.165) is 38.9 Å². The van der Waals surface area contributed by atoms with Crippen LogP contribution < -0.4 is 5.32 Å². The van der Waals surface area contributed by atoms with E-state index in [9.17, 15) is 0 Å². The highest BCUT2D eigenvalue weighted by atomic mass is 16.5. The maximum Gasteiger partial charge on any atom is 0.0776 e. The molecule has 0 spiro atoms. The van der Waals surface area contributed by atoms with Crippen molar-refractivity contribution in [3.8, 4) is 0 Å². The second-order valence-corrected chi connectivity index (χ2v) is 5.28. The van der Waals surface area contributed by atoms with Crippen LogP contribution in [-0.4, -0.2) is 35.1 Å². The summed E-state index contributed by atoms with van der Waals surface area (Å²) in [6, 6.07) is 2.23. The van der Waals surface area contributed by atoms with Gasteiger partial charge in [0.05, 0.1) is 24.4 Å². The van der Waals surface area contributed by atoms with Crippen LogP contribution in [0.4, 0.5) is 0 Å². The molecule has 0 amide bonds. The average Bonchev–Trinajstić information content (AvgIpc) is 3.03. The number of rotatable bonds is 7.